The zero-order valence-corrected chi connectivity index (χ0v) is 14.1. The van der Waals surface area contributed by atoms with Crippen molar-refractivity contribution in [1.82, 2.24) is 9.55 Å². The predicted octanol–water partition coefficient (Wildman–Crippen LogP) is 4.60. The van der Waals surface area contributed by atoms with Gasteiger partial charge in [0.25, 0.3) is 0 Å². The van der Waals surface area contributed by atoms with Crippen LogP contribution in [-0.4, -0.2) is 15.7 Å². The van der Waals surface area contributed by atoms with Crippen molar-refractivity contribution in [2.24, 2.45) is 0 Å². The van der Waals surface area contributed by atoms with E-state index in [1.807, 2.05) is 26.0 Å². The van der Waals surface area contributed by atoms with Crippen molar-refractivity contribution in [2.75, 3.05) is 0 Å². The number of fused-ring (bicyclic) bond motifs is 1. The molecule has 0 aliphatic rings. The Morgan fingerprint density at radius 3 is 2.96 bits per heavy atom. The Kier molecular flexibility index (Phi) is 4.75. The number of benzene rings is 1. The molecule has 0 aliphatic carbocycles. The lowest BCUT2D eigenvalue weighted by atomic mass is 10.1. The average molecular weight is 325 g/mol. The van der Waals surface area contributed by atoms with Gasteiger partial charge in [0.1, 0.15) is 5.01 Å². The van der Waals surface area contributed by atoms with Crippen molar-refractivity contribution in [1.29, 1.82) is 5.26 Å². The SMILES string of the molecule is CC(C)OCc1nc(-c2cn(CCC#N)c3ccccc23)cs1. The Bertz CT molecular complexity index is 841. The van der Waals surface area contributed by atoms with Crippen LogP contribution in [0.2, 0.25) is 0 Å². The average Bonchev–Trinajstić information content (AvgIpc) is 3.15. The molecule has 0 fully saturated rings. The molecule has 0 N–H and O–H groups in total. The number of nitrogens with zero attached hydrogens (tertiary/aromatic N) is 3. The highest BCUT2D eigenvalue weighted by atomic mass is 32.1. The van der Waals surface area contributed by atoms with Gasteiger partial charge in [0, 0.05) is 34.6 Å². The molecule has 3 rings (SSSR count). The first-order valence-electron chi connectivity index (χ1n) is 7.70. The van der Waals surface area contributed by atoms with Gasteiger partial charge in [-0.3, -0.25) is 0 Å². The van der Waals surface area contributed by atoms with E-state index in [0.29, 0.717) is 19.6 Å². The lowest BCUT2D eigenvalue weighted by Gasteiger charge is -2.03. The van der Waals surface area contributed by atoms with Crippen LogP contribution in [0.25, 0.3) is 22.2 Å². The van der Waals surface area contributed by atoms with Crippen LogP contribution in [0.4, 0.5) is 0 Å². The van der Waals surface area contributed by atoms with Crippen molar-refractivity contribution in [3.8, 4) is 17.3 Å². The molecule has 0 bridgehead atoms. The van der Waals surface area contributed by atoms with E-state index >= 15 is 0 Å². The number of aryl methyl sites for hydroxylation is 1. The summed E-state index contributed by atoms with van der Waals surface area (Å²) in [7, 11) is 0. The van der Waals surface area contributed by atoms with Crippen LogP contribution in [-0.2, 0) is 17.9 Å². The number of aromatic nitrogens is 2. The summed E-state index contributed by atoms with van der Waals surface area (Å²) in [4.78, 5) is 4.71. The first-order valence-corrected chi connectivity index (χ1v) is 8.58. The summed E-state index contributed by atoms with van der Waals surface area (Å²) in [6.45, 7) is 5.30. The molecule has 0 saturated heterocycles. The third-order valence-electron chi connectivity index (χ3n) is 3.62. The number of ether oxygens (including phenoxy) is 1. The van der Waals surface area contributed by atoms with Gasteiger partial charge in [-0.2, -0.15) is 5.26 Å². The van der Waals surface area contributed by atoms with Crippen LogP contribution in [0.15, 0.2) is 35.8 Å². The van der Waals surface area contributed by atoms with Crippen LogP contribution in [0.5, 0.6) is 0 Å². The number of nitriles is 1. The predicted molar refractivity (Wildman–Crippen MR) is 93.2 cm³/mol. The molecule has 0 unspecified atom stereocenters. The van der Waals surface area contributed by atoms with Crippen LogP contribution in [0.1, 0.15) is 25.3 Å². The monoisotopic (exact) mass is 325 g/mol. The minimum absolute atomic E-state index is 0.204. The first kappa shape index (κ1) is 15.7. The van der Waals surface area contributed by atoms with Gasteiger partial charge in [-0.15, -0.1) is 11.3 Å². The molecule has 0 saturated carbocycles. The molecule has 0 spiro atoms. The summed E-state index contributed by atoms with van der Waals surface area (Å²) < 4.78 is 7.77. The van der Waals surface area contributed by atoms with Crippen LogP contribution >= 0.6 is 11.3 Å². The zero-order valence-electron chi connectivity index (χ0n) is 13.3. The Hall–Kier alpha value is -2.16. The highest BCUT2D eigenvalue weighted by Gasteiger charge is 2.13. The Labute approximate surface area is 140 Å². The molecular weight excluding hydrogens is 306 g/mol. The molecule has 23 heavy (non-hydrogen) atoms. The normalized spacial score (nSPS) is 11.2. The standard InChI is InChI=1S/C18H19N3OS/c1-13(2)22-11-18-20-16(12-23-18)15-10-21(9-5-8-19)17-7-4-3-6-14(15)17/h3-4,6-7,10,12-13H,5,9,11H2,1-2H3. The number of para-hydroxylation sites is 1. The zero-order chi connectivity index (χ0) is 16.2. The summed E-state index contributed by atoms with van der Waals surface area (Å²) >= 11 is 1.62. The molecule has 0 atom stereocenters. The Morgan fingerprint density at radius 2 is 2.17 bits per heavy atom. The first-order chi connectivity index (χ1) is 11.2. The molecule has 2 heterocycles. The third kappa shape index (κ3) is 3.44. The second-order valence-corrected chi connectivity index (χ2v) is 6.59. The van der Waals surface area contributed by atoms with Gasteiger partial charge in [-0.1, -0.05) is 18.2 Å². The fourth-order valence-corrected chi connectivity index (χ4v) is 3.26. The van der Waals surface area contributed by atoms with Gasteiger partial charge in [0.05, 0.1) is 30.9 Å². The van der Waals surface area contributed by atoms with Gasteiger partial charge in [-0.05, 0) is 19.9 Å². The van der Waals surface area contributed by atoms with E-state index in [2.05, 4.69) is 34.3 Å². The second kappa shape index (κ2) is 6.95. The molecule has 4 nitrogen and oxygen atoms in total. The molecule has 3 aromatic rings. The molecule has 2 aromatic heterocycles. The van der Waals surface area contributed by atoms with Gasteiger partial charge >= 0.3 is 0 Å². The highest BCUT2D eigenvalue weighted by molar-refractivity contribution is 7.09. The fraction of sp³-hybridized carbons (Fsp3) is 0.333. The van der Waals surface area contributed by atoms with E-state index in [1.54, 1.807) is 11.3 Å². The summed E-state index contributed by atoms with van der Waals surface area (Å²) in [5, 5.41) is 13.1. The minimum Gasteiger partial charge on any atom is -0.372 e. The molecule has 0 aliphatic heterocycles. The summed E-state index contributed by atoms with van der Waals surface area (Å²) in [6.07, 6.45) is 2.81. The Morgan fingerprint density at radius 1 is 1.35 bits per heavy atom. The van der Waals surface area contributed by atoms with Crippen LogP contribution in [0, 0.1) is 11.3 Å². The summed E-state index contributed by atoms with van der Waals surface area (Å²) in [5.41, 5.74) is 3.24. The van der Waals surface area contributed by atoms with Crippen molar-refractivity contribution in [3.05, 3.63) is 40.8 Å². The maximum Gasteiger partial charge on any atom is 0.119 e. The number of hydrogen-bond donors (Lipinski definition) is 0. The summed E-state index contributed by atoms with van der Waals surface area (Å²) in [5.74, 6) is 0. The number of thiazole rings is 1. The number of hydrogen-bond acceptors (Lipinski definition) is 4. The topological polar surface area (TPSA) is 50.8 Å². The maximum absolute atomic E-state index is 8.84. The van der Waals surface area contributed by atoms with E-state index in [9.17, 15) is 0 Å². The van der Waals surface area contributed by atoms with E-state index in [0.717, 1.165) is 21.8 Å². The molecule has 0 radical (unpaired) electrons. The lowest BCUT2D eigenvalue weighted by molar-refractivity contribution is 0.0656. The van der Waals surface area contributed by atoms with E-state index in [1.165, 1.54) is 5.39 Å². The van der Waals surface area contributed by atoms with Crippen LogP contribution < -0.4 is 0 Å². The summed E-state index contributed by atoms with van der Waals surface area (Å²) in [6, 6.07) is 10.5. The van der Waals surface area contributed by atoms with Crippen LogP contribution in [0.3, 0.4) is 0 Å². The largest absolute Gasteiger partial charge is 0.372 e. The minimum atomic E-state index is 0.204. The van der Waals surface area contributed by atoms with E-state index < -0.39 is 0 Å². The molecule has 0 amide bonds. The Balaban J connectivity index is 1.95. The number of rotatable bonds is 6. The third-order valence-corrected chi connectivity index (χ3v) is 4.44. The molecule has 118 valence electrons. The molecular formula is C18H19N3OS. The quantitative estimate of drug-likeness (QED) is 0.665. The maximum atomic E-state index is 8.84. The molecule has 5 heteroatoms. The van der Waals surface area contributed by atoms with E-state index in [-0.39, 0.29) is 6.10 Å². The van der Waals surface area contributed by atoms with E-state index in [4.69, 9.17) is 15.0 Å². The van der Waals surface area contributed by atoms with Crippen molar-refractivity contribution in [3.63, 3.8) is 0 Å². The highest BCUT2D eigenvalue weighted by Crippen LogP contribution is 2.31. The fourth-order valence-electron chi connectivity index (χ4n) is 2.55. The van der Waals surface area contributed by atoms with Gasteiger partial charge in [-0.25, -0.2) is 4.98 Å². The van der Waals surface area contributed by atoms with Gasteiger partial charge < -0.3 is 9.30 Å². The molecule has 1 aromatic carbocycles. The van der Waals surface area contributed by atoms with Crippen molar-refractivity contribution < 1.29 is 4.74 Å². The lowest BCUT2D eigenvalue weighted by Crippen LogP contribution is -2.01. The van der Waals surface area contributed by atoms with Crippen molar-refractivity contribution in [2.45, 2.75) is 39.5 Å². The van der Waals surface area contributed by atoms with Gasteiger partial charge in [0.15, 0.2) is 0 Å². The van der Waals surface area contributed by atoms with Crippen molar-refractivity contribution >= 4 is 22.2 Å². The second-order valence-electron chi connectivity index (χ2n) is 5.65. The van der Waals surface area contributed by atoms with Gasteiger partial charge in [0.2, 0.25) is 0 Å². The smallest absolute Gasteiger partial charge is 0.119 e.